The van der Waals surface area contributed by atoms with Crippen molar-refractivity contribution < 1.29 is 0 Å². The topological polar surface area (TPSA) is 9.72 Å². The minimum atomic E-state index is 0.936. The number of likely N-dealkylation sites (N-methyl/N-ethyl adjacent to an activating group) is 1. The normalized spacial score (nSPS) is 32.6. The predicted molar refractivity (Wildman–Crippen MR) is 59.4 cm³/mol. The molecule has 0 saturated carbocycles. The van der Waals surface area contributed by atoms with Gasteiger partial charge in [0.05, 0.1) is 0 Å². The van der Waals surface area contributed by atoms with Gasteiger partial charge in [-0.05, 0) is 0 Å². The van der Waals surface area contributed by atoms with Crippen molar-refractivity contribution in [3.63, 3.8) is 0 Å². The van der Waals surface area contributed by atoms with E-state index >= 15 is 0 Å². The SMILES string of the molecule is CN1CCN(C[C@H]2CCN([Te])C2)CC1. The summed E-state index contributed by atoms with van der Waals surface area (Å²) in [7, 11) is 2.22. The molecule has 0 N–H and O–H groups in total. The van der Waals surface area contributed by atoms with Gasteiger partial charge < -0.3 is 0 Å². The molecule has 2 fully saturated rings. The third-order valence-electron chi connectivity index (χ3n) is 3.36. The van der Waals surface area contributed by atoms with E-state index in [4.69, 9.17) is 0 Å². The molecular formula is C10H20N3Te. The molecule has 2 saturated heterocycles. The van der Waals surface area contributed by atoms with Crippen LogP contribution in [-0.2, 0) is 0 Å². The summed E-state index contributed by atoms with van der Waals surface area (Å²) in [4.78, 5) is 5.07. The fourth-order valence-electron chi connectivity index (χ4n) is 2.34. The van der Waals surface area contributed by atoms with Crippen molar-refractivity contribution in [3.05, 3.63) is 0 Å². The van der Waals surface area contributed by atoms with Gasteiger partial charge in [0.2, 0.25) is 0 Å². The average Bonchev–Trinajstić information content (AvgIpc) is 2.56. The van der Waals surface area contributed by atoms with Crippen LogP contribution in [0, 0.1) is 5.92 Å². The van der Waals surface area contributed by atoms with Crippen molar-refractivity contribution in [2.24, 2.45) is 5.92 Å². The Morgan fingerprint density at radius 2 is 1.86 bits per heavy atom. The molecule has 0 aromatic heterocycles. The Bertz CT molecular complexity index is 180. The molecule has 1 radical (unpaired) electrons. The monoisotopic (exact) mass is 312 g/mol. The van der Waals surface area contributed by atoms with Crippen molar-refractivity contribution in [2.45, 2.75) is 6.42 Å². The fraction of sp³-hybridized carbons (Fsp3) is 1.00. The van der Waals surface area contributed by atoms with Crippen LogP contribution in [0.4, 0.5) is 0 Å². The molecule has 3 nitrogen and oxygen atoms in total. The third-order valence-corrected chi connectivity index (χ3v) is 4.31. The second kappa shape index (κ2) is 5.14. The summed E-state index contributed by atoms with van der Waals surface area (Å²) in [5.74, 6) is 0.936. The molecule has 0 spiro atoms. The van der Waals surface area contributed by atoms with Gasteiger partial charge in [0.1, 0.15) is 0 Å². The van der Waals surface area contributed by atoms with E-state index < -0.39 is 0 Å². The van der Waals surface area contributed by atoms with Crippen molar-refractivity contribution >= 4 is 22.6 Å². The van der Waals surface area contributed by atoms with E-state index in [1.807, 2.05) is 0 Å². The maximum absolute atomic E-state index is 2.64. The molecule has 81 valence electrons. The Morgan fingerprint density at radius 3 is 2.43 bits per heavy atom. The number of rotatable bonds is 2. The minimum absolute atomic E-state index is 0.936. The number of hydrogen-bond acceptors (Lipinski definition) is 3. The molecule has 4 heteroatoms. The van der Waals surface area contributed by atoms with Crippen molar-refractivity contribution in [1.82, 2.24) is 13.0 Å². The zero-order valence-electron chi connectivity index (χ0n) is 8.98. The van der Waals surface area contributed by atoms with Crippen LogP contribution < -0.4 is 0 Å². The Hall–Kier alpha value is 0.670. The molecule has 0 bridgehead atoms. The second-order valence-corrected chi connectivity index (χ2v) is 6.12. The molecule has 0 amide bonds. The molecule has 0 aliphatic carbocycles. The molecule has 0 aromatic carbocycles. The average molecular weight is 310 g/mol. The molecule has 2 rings (SSSR count). The van der Waals surface area contributed by atoms with Crippen LogP contribution in [0.15, 0.2) is 0 Å². The van der Waals surface area contributed by atoms with Crippen LogP contribution in [-0.4, -0.2) is 88.4 Å². The first-order chi connectivity index (χ1) is 6.74. The van der Waals surface area contributed by atoms with E-state index in [1.54, 1.807) is 0 Å². The van der Waals surface area contributed by atoms with Crippen LogP contribution >= 0.6 is 0 Å². The van der Waals surface area contributed by atoms with Gasteiger partial charge in [0, 0.05) is 0 Å². The van der Waals surface area contributed by atoms with E-state index in [9.17, 15) is 0 Å². The number of nitrogens with zero attached hydrogens (tertiary/aromatic N) is 3. The summed E-state index contributed by atoms with van der Waals surface area (Å²) >= 11 is 2.17. The molecule has 0 aromatic rings. The van der Waals surface area contributed by atoms with Gasteiger partial charge in [-0.15, -0.1) is 0 Å². The van der Waals surface area contributed by atoms with Crippen molar-refractivity contribution in [2.75, 3.05) is 52.9 Å². The van der Waals surface area contributed by atoms with E-state index in [1.165, 1.54) is 52.2 Å². The zero-order chi connectivity index (χ0) is 9.97. The summed E-state index contributed by atoms with van der Waals surface area (Å²) in [5.41, 5.74) is 0. The first kappa shape index (κ1) is 11.2. The molecule has 2 heterocycles. The van der Waals surface area contributed by atoms with Gasteiger partial charge in [-0.25, -0.2) is 0 Å². The second-order valence-electron chi connectivity index (χ2n) is 4.65. The Morgan fingerprint density at radius 1 is 1.14 bits per heavy atom. The molecule has 14 heavy (non-hydrogen) atoms. The fourth-order valence-corrected chi connectivity index (χ4v) is 3.24. The van der Waals surface area contributed by atoms with Crippen LogP contribution in [0.25, 0.3) is 0 Å². The van der Waals surface area contributed by atoms with E-state index in [2.05, 4.69) is 42.6 Å². The molecular weight excluding hydrogens is 290 g/mol. The summed E-state index contributed by atoms with van der Waals surface area (Å²) in [6.45, 7) is 9.01. The first-order valence-corrected chi connectivity index (χ1v) is 6.61. The maximum atomic E-state index is 2.64. The van der Waals surface area contributed by atoms with Gasteiger partial charge >= 0.3 is 101 Å². The van der Waals surface area contributed by atoms with E-state index in [0.29, 0.717) is 0 Å². The van der Waals surface area contributed by atoms with Crippen molar-refractivity contribution in [3.8, 4) is 0 Å². The standard InChI is InChI=1S/C10H20N3Te/c1-11-4-6-12(7-5-11)8-10-2-3-13(14)9-10/h10H,2-9H2,1H3/t10-/m1/s1. The van der Waals surface area contributed by atoms with Crippen LogP contribution in [0.3, 0.4) is 0 Å². The van der Waals surface area contributed by atoms with E-state index in [0.717, 1.165) is 5.92 Å². The van der Waals surface area contributed by atoms with Gasteiger partial charge in [0.15, 0.2) is 0 Å². The number of hydrogen-bond donors (Lipinski definition) is 0. The molecule has 0 unspecified atom stereocenters. The molecule has 1 atom stereocenters. The van der Waals surface area contributed by atoms with Crippen LogP contribution in [0.2, 0.25) is 0 Å². The summed E-state index contributed by atoms with van der Waals surface area (Å²) < 4.78 is 2.47. The van der Waals surface area contributed by atoms with E-state index in [-0.39, 0.29) is 0 Å². The summed E-state index contributed by atoms with van der Waals surface area (Å²) in [6, 6.07) is 0. The Kier molecular flexibility index (Phi) is 4.10. The first-order valence-electron chi connectivity index (χ1n) is 5.57. The number of piperazine rings is 1. The van der Waals surface area contributed by atoms with Gasteiger partial charge in [0.25, 0.3) is 0 Å². The summed E-state index contributed by atoms with van der Waals surface area (Å²) in [5, 5.41) is 0. The third kappa shape index (κ3) is 3.08. The van der Waals surface area contributed by atoms with Gasteiger partial charge in [-0.3, -0.25) is 0 Å². The molecule has 2 aliphatic heterocycles. The zero-order valence-corrected chi connectivity index (χ0v) is 11.3. The summed E-state index contributed by atoms with van der Waals surface area (Å²) in [6.07, 6.45) is 1.41. The Balaban J connectivity index is 1.70. The quantitative estimate of drug-likeness (QED) is 0.645. The van der Waals surface area contributed by atoms with Crippen LogP contribution in [0.1, 0.15) is 6.42 Å². The van der Waals surface area contributed by atoms with Gasteiger partial charge in [-0.1, -0.05) is 0 Å². The van der Waals surface area contributed by atoms with Crippen molar-refractivity contribution in [1.29, 1.82) is 0 Å². The predicted octanol–water partition coefficient (Wildman–Crippen LogP) is -0.361. The van der Waals surface area contributed by atoms with Crippen LogP contribution in [0.5, 0.6) is 0 Å². The Labute approximate surface area is 101 Å². The van der Waals surface area contributed by atoms with Gasteiger partial charge in [-0.2, -0.15) is 0 Å². The molecule has 2 aliphatic rings.